The predicted octanol–water partition coefficient (Wildman–Crippen LogP) is 0.387. The fourth-order valence-corrected chi connectivity index (χ4v) is 2.28. The molecule has 18 heavy (non-hydrogen) atoms. The van der Waals surface area contributed by atoms with Crippen molar-refractivity contribution in [3.05, 3.63) is 0 Å². The Hall–Kier alpha value is -1.10. The van der Waals surface area contributed by atoms with Gasteiger partial charge in [-0.3, -0.25) is 9.59 Å². The molecule has 1 heterocycles. The Morgan fingerprint density at radius 1 is 1.33 bits per heavy atom. The van der Waals surface area contributed by atoms with E-state index in [0.717, 1.165) is 51.6 Å². The molecule has 3 N–H and O–H groups in total. The van der Waals surface area contributed by atoms with Crippen LogP contribution in [0.2, 0.25) is 0 Å². The number of amides is 2. The van der Waals surface area contributed by atoms with E-state index in [0.29, 0.717) is 13.0 Å². The second-order valence-electron chi connectivity index (χ2n) is 5.46. The van der Waals surface area contributed by atoms with E-state index < -0.39 is 5.54 Å². The van der Waals surface area contributed by atoms with Crippen LogP contribution in [0.15, 0.2) is 0 Å². The molecule has 0 atom stereocenters. The van der Waals surface area contributed by atoms with E-state index in [1.165, 1.54) is 0 Å². The lowest BCUT2D eigenvalue weighted by atomic mass is 10.2. The zero-order chi connectivity index (χ0) is 13.0. The number of nitrogens with zero attached hydrogens (tertiary/aromatic N) is 1. The summed E-state index contributed by atoms with van der Waals surface area (Å²) in [6.45, 7) is 2.23. The van der Waals surface area contributed by atoms with E-state index in [1.54, 1.807) is 0 Å². The van der Waals surface area contributed by atoms with Crippen LogP contribution >= 0.6 is 0 Å². The van der Waals surface area contributed by atoms with Gasteiger partial charge in [-0.2, -0.15) is 0 Å². The molecule has 2 rings (SSSR count). The minimum atomic E-state index is -0.585. The van der Waals surface area contributed by atoms with Gasteiger partial charge in [0, 0.05) is 26.1 Å². The molecule has 102 valence electrons. The molecule has 2 fully saturated rings. The van der Waals surface area contributed by atoms with Crippen molar-refractivity contribution in [2.45, 2.75) is 50.5 Å². The molecule has 0 bridgehead atoms. The smallest absolute Gasteiger partial charge is 0.240 e. The lowest BCUT2D eigenvalue weighted by Gasteiger charge is -2.20. The highest BCUT2D eigenvalue weighted by Gasteiger charge is 2.45. The summed E-state index contributed by atoms with van der Waals surface area (Å²) in [4.78, 5) is 25.2. The van der Waals surface area contributed by atoms with Crippen molar-refractivity contribution in [3.63, 3.8) is 0 Å². The Morgan fingerprint density at radius 3 is 2.83 bits per heavy atom. The molecule has 2 amide bonds. The van der Waals surface area contributed by atoms with Crippen LogP contribution in [0, 0.1) is 0 Å². The first-order chi connectivity index (χ1) is 8.62. The maximum Gasteiger partial charge on any atom is 0.240 e. The van der Waals surface area contributed by atoms with Crippen molar-refractivity contribution in [2.24, 2.45) is 5.73 Å². The monoisotopic (exact) mass is 253 g/mol. The average Bonchev–Trinajstić information content (AvgIpc) is 3.12. The molecule has 0 spiro atoms. The number of nitrogens with two attached hydrogens (primary N) is 1. The quantitative estimate of drug-likeness (QED) is 0.696. The molecule has 0 unspecified atom stereocenters. The zero-order valence-corrected chi connectivity index (χ0v) is 10.9. The Kier molecular flexibility index (Phi) is 4.22. The summed E-state index contributed by atoms with van der Waals surface area (Å²) in [5, 5.41) is 2.85. The summed E-state index contributed by atoms with van der Waals surface area (Å²) in [6.07, 6.45) is 6.35. The van der Waals surface area contributed by atoms with Crippen LogP contribution in [0.25, 0.3) is 0 Å². The van der Waals surface area contributed by atoms with Gasteiger partial charge in [0.1, 0.15) is 0 Å². The van der Waals surface area contributed by atoms with Crippen LogP contribution in [0.4, 0.5) is 0 Å². The van der Waals surface area contributed by atoms with Crippen molar-refractivity contribution in [1.29, 1.82) is 0 Å². The Bertz CT molecular complexity index is 326. The van der Waals surface area contributed by atoms with Gasteiger partial charge < -0.3 is 16.0 Å². The Morgan fingerprint density at radius 2 is 2.11 bits per heavy atom. The topological polar surface area (TPSA) is 75.4 Å². The van der Waals surface area contributed by atoms with Crippen LogP contribution in [-0.4, -0.2) is 41.9 Å². The van der Waals surface area contributed by atoms with E-state index >= 15 is 0 Å². The predicted molar refractivity (Wildman–Crippen MR) is 68.8 cm³/mol. The van der Waals surface area contributed by atoms with Crippen LogP contribution < -0.4 is 11.1 Å². The lowest BCUT2D eigenvalue weighted by Crippen LogP contribution is -2.43. The van der Waals surface area contributed by atoms with Gasteiger partial charge in [-0.15, -0.1) is 0 Å². The number of rotatable bonds is 5. The van der Waals surface area contributed by atoms with Crippen molar-refractivity contribution >= 4 is 11.8 Å². The number of hydrogen-bond donors (Lipinski definition) is 2. The molecule has 1 aliphatic heterocycles. The van der Waals surface area contributed by atoms with Gasteiger partial charge in [0.2, 0.25) is 11.8 Å². The van der Waals surface area contributed by atoms with Crippen LogP contribution in [0.3, 0.4) is 0 Å². The van der Waals surface area contributed by atoms with Gasteiger partial charge in [-0.25, -0.2) is 0 Å². The minimum Gasteiger partial charge on any atom is -0.354 e. The first-order valence-electron chi connectivity index (χ1n) is 6.97. The molecular weight excluding hydrogens is 230 g/mol. The number of likely N-dealkylation sites (tertiary alicyclic amines) is 1. The average molecular weight is 253 g/mol. The van der Waals surface area contributed by atoms with Gasteiger partial charge in [0.15, 0.2) is 0 Å². The first-order valence-corrected chi connectivity index (χ1v) is 6.97. The highest BCUT2D eigenvalue weighted by atomic mass is 16.2. The number of hydrogen-bond acceptors (Lipinski definition) is 3. The van der Waals surface area contributed by atoms with Crippen molar-refractivity contribution < 1.29 is 9.59 Å². The second-order valence-corrected chi connectivity index (χ2v) is 5.46. The molecule has 2 aliphatic rings. The van der Waals surface area contributed by atoms with Gasteiger partial charge in [0.25, 0.3) is 0 Å². The molecule has 5 heteroatoms. The molecule has 0 radical (unpaired) electrons. The molecular formula is C13H23N3O2. The fourth-order valence-electron chi connectivity index (χ4n) is 2.28. The van der Waals surface area contributed by atoms with Gasteiger partial charge in [-0.1, -0.05) is 6.42 Å². The van der Waals surface area contributed by atoms with E-state index in [-0.39, 0.29) is 11.8 Å². The Balaban J connectivity index is 1.62. The number of carbonyl (C=O) groups excluding carboxylic acids is 2. The summed E-state index contributed by atoms with van der Waals surface area (Å²) < 4.78 is 0. The fraction of sp³-hybridized carbons (Fsp3) is 0.846. The molecule has 0 aromatic heterocycles. The van der Waals surface area contributed by atoms with Gasteiger partial charge >= 0.3 is 0 Å². The van der Waals surface area contributed by atoms with E-state index in [9.17, 15) is 9.59 Å². The normalized spacial score (nSPS) is 22.5. The third kappa shape index (κ3) is 3.45. The van der Waals surface area contributed by atoms with Crippen LogP contribution in [-0.2, 0) is 9.59 Å². The Labute approximate surface area is 108 Å². The van der Waals surface area contributed by atoms with Crippen molar-refractivity contribution in [2.75, 3.05) is 19.6 Å². The van der Waals surface area contributed by atoms with Crippen LogP contribution in [0.5, 0.6) is 0 Å². The highest BCUT2D eigenvalue weighted by Crippen LogP contribution is 2.31. The second kappa shape index (κ2) is 5.69. The summed E-state index contributed by atoms with van der Waals surface area (Å²) in [6, 6.07) is 0. The SMILES string of the molecule is NC1(C(=O)NCCCN2CCCCCC2=O)CC1. The van der Waals surface area contributed by atoms with Crippen LogP contribution in [0.1, 0.15) is 44.9 Å². The minimum absolute atomic E-state index is 0.0373. The number of nitrogens with one attached hydrogen (secondary N) is 1. The number of carbonyl (C=O) groups is 2. The third-order valence-electron chi connectivity index (χ3n) is 3.80. The maximum atomic E-state index is 11.7. The third-order valence-corrected chi connectivity index (χ3v) is 3.80. The van der Waals surface area contributed by atoms with Gasteiger partial charge in [-0.05, 0) is 32.1 Å². The lowest BCUT2D eigenvalue weighted by molar-refractivity contribution is -0.130. The van der Waals surface area contributed by atoms with E-state index in [4.69, 9.17) is 5.73 Å². The highest BCUT2D eigenvalue weighted by molar-refractivity contribution is 5.88. The summed E-state index contributed by atoms with van der Waals surface area (Å²) in [5.41, 5.74) is 5.20. The molecule has 0 aromatic rings. The van der Waals surface area contributed by atoms with Crippen molar-refractivity contribution in [1.82, 2.24) is 10.2 Å². The van der Waals surface area contributed by atoms with E-state index in [2.05, 4.69) is 5.32 Å². The first kappa shape index (κ1) is 13.3. The summed E-state index contributed by atoms with van der Waals surface area (Å²) in [5.74, 6) is 0.223. The molecule has 5 nitrogen and oxygen atoms in total. The zero-order valence-electron chi connectivity index (χ0n) is 10.9. The molecule has 0 aromatic carbocycles. The summed E-state index contributed by atoms with van der Waals surface area (Å²) in [7, 11) is 0. The summed E-state index contributed by atoms with van der Waals surface area (Å²) >= 11 is 0. The van der Waals surface area contributed by atoms with Gasteiger partial charge in [0.05, 0.1) is 5.54 Å². The molecule has 1 aliphatic carbocycles. The largest absolute Gasteiger partial charge is 0.354 e. The van der Waals surface area contributed by atoms with E-state index in [1.807, 2.05) is 4.90 Å². The molecule has 1 saturated heterocycles. The maximum absolute atomic E-state index is 11.7. The standard InChI is InChI=1S/C13H23N3O2/c14-13(6-7-13)12(18)15-8-4-10-16-9-3-1-2-5-11(16)17/h1-10,14H2,(H,15,18). The van der Waals surface area contributed by atoms with Crippen molar-refractivity contribution in [3.8, 4) is 0 Å². The molecule has 1 saturated carbocycles.